The standard InChI is InChI=1S/C29H30N4O6S/c1-29(2,3)39-28(35)32-23-15-25-26(33(18-23)40(36,37)24-11-7-10-21(12-24)16-30)13-22(17-31-25)14-27(34)38-19-20-8-5-4-6-9-20/h4-13,17,23H,14-15,18-19H2,1-3H3,(H,32,35). The number of carbonyl (C=O) groups excluding carboxylic acids is 2. The number of ether oxygens (including phenoxy) is 2. The van der Waals surface area contributed by atoms with Gasteiger partial charge < -0.3 is 14.8 Å². The molecule has 1 aliphatic heterocycles. The Hall–Kier alpha value is -4.43. The first-order valence-corrected chi connectivity index (χ1v) is 14.1. The van der Waals surface area contributed by atoms with Crippen LogP contribution in [0, 0.1) is 11.3 Å². The number of fused-ring (bicyclic) bond motifs is 1. The molecule has 3 aromatic rings. The number of sulfonamides is 1. The van der Waals surface area contributed by atoms with E-state index < -0.39 is 33.7 Å². The average Bonchev–Trinajstić information content (AvgIpc) is 2.91. The Morgan fingerprint density at radius 2 is 1.85 bits per heavy atom. The van der Waals surface area contributed by atoms with Crippen molar-refractivity contribution >= 4 is 27.8 Å². The molecule has 0 fully saturated rings. The molecule has 0 saturated carbocycles. The Labute approximate surface area is 233 Å². The summed E-state index contributed by atoms with van der Waals surface area (Å²) in [6, 6.07) is 17.9. The van der Waals surface area contributed by atoms with Crippen LogP contribution in [-0.4, -0.2) is 43.7 Å². The monoisotopic (exact) mass is 562 g/mol. The normalized spacial score (nSPS) is 14.9. The molecule has 4 rings (SSSR count). The molecule has 0 aliphatic carbocycles. The van der Waals surface area contributed by atoms with E-state index in [1.807, 2.05) is 36.4 Å². The van der Waals surface area contributed by atoms with Crippen molar-refractivity contribution < 1.29 is 27.5 Å². The third kappa shape index (κ3) is 7.15. The number of rotatable bonds is 7. The van der Waals surface area contributed by atoms with Gasteiger partial charge in [-0.2, -0.15) is 5.26 Å². The van der Waals surface area contributed by atoms with Gasteiger partial charge in [-0.15, -0.1) is 0 Å². The SMILES string of the molecule is CC(C)(C)OC(=O)NC1Cc2ncc(CC(=O)OCc3ccccc3)cc2N(S(=O)(=O)c2cccc(C#N)c2)C1. The summed E-state index contributed by atoms with van der Waals surface area (Å²) in [7, 11) is -4.17. The summed E-state index contributed by atoms with van der Waals surface area (Å²) in [6.45, 7) is 5.21. The maximum atomic E-state index is 13.8. The van der Waals surface area contributed by atoms with E-state index in [0.29, 0.717) is 11.3 Å². The van der Waals surface area contributed by atoms with Crippen LogP contribution in [0.5, 0.6) is 0 Å². The zero-order chi connectivity index (χ0) is 28.9. The number of aromatic nitrogens is 1. The quantitative estimate of drug-likeness (QED) is 0.428. The number of nitrogens with zero attached hydrogens (tertiary/aromatic N) is 3. The summed E-state index contributed by atoms with van der Waals surface area (Å²) in [5, 5.41) is 12.0. The molecule has 0 saturated heterocycles. The highest BCUT2D eigenvalue weighted by Crippen LogP contribution is 2.32. The first-order chi connectivity index (χ1) is 18.9. The number of anilines is 1. The summed E-state index contributed by atoms with van der Waals surface area (Å²) in [5.41, 5.74) is 1.49. The second-order valence-corrected chi connectivity index (χ2v) is 12.2. The second kappa shape index (κ2) is 11.8. The third-order valence-corrected chi connectivity index (χ3v) is 7.74. The number of nitriles is 1. The van der Waals surface area contributed by atoms with Gasteiger partial charge in [0.05, 0.1) is 46.9 Å². The fraction of sp³-hybridized carbons (Fsp3) is 0.310. The van der Waals surface area contributed by atoms with Crippen LogP contribution in [0.2, 0.25) is 0 Å². The molecule has 0 bridgehead atoms. The number of benzene rings is 2. The lowest BCUT2D eigenvalue weighted by atomic mass is 10.0. The lowest BCUT2D eigenvalue weighted by Crippen LogP contribution is -2.51. The number of esters is 1. The Morgan fingerprint density at radius 3 is 2.55 bits per heavy atom. The Morgan fingerprint density at radius 1 is 1.10 bits per heavy atom. The molecule has 1 amide bonds. The predicted molar refractivity (Wildman–Crippen MR) is 147 cm³/mol. The van der Waals surface area contributed by atoms with E-state index in [1.165, 1.54) is 30.5 Å². The van der Waals surface area contributed by atoms with Gasteiger partial charge in [0, 0.05) is 12.6 Å². The molecule has 1 unspecified atom stereocenters. The van der Waals surface area contributed by atoms with Gasteiger partial charge in [0.15, 0.2) is 0 Å². The molecule has 2 aromatic carbocycles. The molecule has 1 aromatic heterocycles. The number of pyridine rings is 1. The first-order valence-electron chi connectivity index (χ1n) is 12.6. The van der Waals surface area contributed by atoms with Crippen LogP contribution in [0.3, 0.4) is 0 Å². The molecular weight excluding hydrogens is 532 g/mol. The summed E-state index contributed by atoms with van der Waals surface area (Å²) < 4.78 is 39.5. The van der Waals surface area contributed by atoms with Crippen LogP contribution >= 0.6 is 0 Å². The van der Waals surface area contributed by atoms with E-state index >= 15 is 0 Å². The molecular formula is C29H30N4O6S. The average molecular weight is 563 g/mol. The van der Waals surface area contributed by atoms with Gasteiger partial charge >= 0.3 is 12.1 Å². The van der Waals surface area contributed by atoms with Crippen molar-refractivity contribution in [2.75, 3.05) is 10.8 Å². The molecule has 1 atom stereocenters. The fourth-order valence-corrected chi connectivity index (χ4v) is 5.77. The number of alkyl carbamates (subject to hydrolysis) is 1. The van der Waals surface area contributed by atoms with Gasteiger partial charge in [-0.1, -0.05) is 36.4 Å². The summed E-state index contributed by atoms with van der Waals surface area (Å²) in [4.78, 5) is 29.4. The van der Waals surface area contributed by atoms with Crippen molar-refractivity contribution in [2.24, 2.45) is 0 Å². The number of amides is 1. The van der Waals surface area contributed by atoms with Crippen molar-refractivity contribution in [3.63, 3.8) is 0 Å². The van der Waals surface area contributed by atoms with Gasteiger partial charge in [0.25, 0.3) is 10.0 Å². The molecule has 2 heterocycles. The zero-order valence-electron chi connectivity index (χ0n) is 22.5. The van der Waals surface area contributed by atoms with Crippen molar-refractivity contribution in [3.8, 4) is 6.07 Å². The van der Waals surface area contributed by atoms with Crippen LogP contribution < -0.4 is 9.62 Å². The van der Waals surface area contributed by atoms with Gasteiger partial charge in [0.1, 0.15) is 12.2 Å². The highest BCUT2D eigenvalue weighted by Gasteiger charge is 2.36. The molecule has 0 radical (unpaired) electrons. The predicted octanol–water partition coefficient (Wildman–Crippen LogP) is 3.88. The zero-order valence-corrected chi connectivity index (χ0v) is 23.3. The maximum Gasteiger partial charge on any atom is 0.407 e. The summed E-state index contributed by atoms with van der Waals surface area (Å²) in [5.74, 6) is -0.484. The molecule has 40 heavy (non-hydrogen) atoms. The minimum absolute atomic E-state index is 0.0805. The van der Waals surface area contributed by atoms with E-state index in [0.717, 1.165) is 9.87 Å². The minimum atomic E-state index is -4.17. The first kappa shape index (κ1) is 28.6. The molecule has 11 heteroatoms. The van der Waals surface area contributed by atoms with E-state index in [-0.39, 0.29) is 42.1 Å². The molecule has 10 nitrogen and oxygen atoms in total. The van der Waals surface area contributed by atoms with Crippen molar-refractivity contribution in [1.82, 2.24) is 10.3 Å². The van der Waals surface area contributed by atoms with Crippen LogP contribution in [-0.2, 0) is 43.7 Å². The molecule has 1 N–H and O–H groups in total. The van der Waals surface area contributed by atoms with Crippen molar-refractivity contribution in [1.29, 1.82) is 5.26 Å². The van der Waals surface area contributed by atoms with Crippen LogP contribution in [0.1, 0.15) is 43.2 Å². The summed E-state index contributed by atoms with van der Waals surface area (Å²) in [6.07, 6.45) is 0.962. The van der Waals surface area contributed by atoms with Crippen LogP contribution in [0.15, 0.2) is 71.8 Å². The van der Waals surface area contributed by atoms with Gasteiger partial charge in [-0.05, 0) is 56.2 Å². The Balaban J connectivity index is 1.62. The number of hydrogen-bond acceptors (Lipinski definition) is 8. The minimum Gasteiger partial charge on any atom is -0.461 e. The number of hydrogen-bond donors (Lipinski definition) is 1. The fourth-order valence-electron chi connectivity index (χ4n) is 4.20. The Bertz CT molecular complexity index is 1540. The molecule has 1 aliphatic rings. The van der Waals surface area contributed by atoms with Crippen LogP contribution in [0.25, 0.3) is 0 Å². The van der Waals surface area contributed by atoms with Crippen molar-refractivity contribution in [3.05, 3.63) is 89.2 Å². The lowest BCUT2D eigenvalue weighted by Gasteiger charge is -2.35. The van der Waals surface area contributed by atoms with Gasteiger partial charge in [-0.25, -0.2) is 13.2 Å². The van der Waals surface area contributed by atoms with Crippen molar-refractivity contribution in [2.45, 2.75) is 56.8 Å². The largest absolute Gasteiger partial charge is 0.461 e. The third-order valence-electron chi connectivity index (χ3n) is 5.96. The lowest BCUT2D eigenvalue weighted by molar-refractivity contribution is -0.144. The summed E-state index contributed by atoms with van der Waals surface area (Å²) >= 11 is 0. The maximum absolute atomic E-state index is 13.8. The number of carbonyl (C=O) groups is 2. The van der Waals surface area contributed by atoms with E-state index in [4.69, 9.17) is 9.47 Å². The molecule has 0 spiro atoms. The Kier molecular flexibility index (Phi) is 8.40. The van der Waals surface area contributed by atoms with E-state index in [9.17, 15) is 23.3 Å². The van der Waals surface area contributed by atoms with Crippen LogP contribution in [0.4, 0.5) is 10.5 Å². The highest BCUT2D eigenvalue weighted by atomic mass is 32.2. The van der Waals surface area contributed by atoms with E-state index in [2.05, 4.69) is 10.3 Å². The molecule has 208 valence electrons. The topological polar surface area (TPSA) is 139 Å². The second-order valence-electron chi connectivity index (χ2n) is 10.4. The van der Waals surface area contributed by atoms with Gasteiger partial charge in [0.2, 0.25) is 0 Å². The highest BCUT2D eigenvalue weighted by molar-refractivity contribution is 7.92. The van der Waals surface area contributed by atoms with Gasteiger partial charge in [-0.3, -0.25) is 14.1 Å². The number of nitrogens with one attached hydrogen (secondary N) is 1. The smallest absolute Gasteiger partial charge is 0.407 e. The van der Waals surface area contributed by atoms with E-state index in [1.54, 1.807) is 26.8 Å².